The van der Waals surface area contributed by atoms with Gasteiger partial charge in [-0.05, 0) is 30.0 Å². The van der Waals surface area contributed by atoms with Crippen LogP contribution in [-0.4, -0.2) is 55.4 Å². The van der Waals surface area contributed by atoms with Crippen LogP contribution in [0.4, 0.5) is 0 Å². The molecule has 1 amide bonds. The number of carbonyl (C=O) groups excluding carboxylic acids is 2. The number of aliphatic hydroxyl groups is 1. The van der Waals surface area contributed by atoms with E-state index in [2.05, 4.69) is 6.58 Å². The van der Waals surface area contributed by atoms with Crippen molar-refractivity contribution in [2.75, 3.05) is 6.61 Å². The molecule has 3 atom stereocenters. The summed E-state index contributed by atoms with van der Waals surface area (Å²) in [5.74, 6) is -1.51. The highest BCUT2D eigenvalue weighted by Gasteiger charge is 2.57. The lowest BCUT2D eigenvalue weighted by molar-refractivity contribution is -0.162. The van der Waals surface area contributed by atoms with Crippen molar-refractivity contribution in [1.29, 1.82) is 0 Å². The fraction of sp³-hybridized carbons (Fsp3) is 0.304. The van der Waals surface area contributed by atoms with Gasteiger partial charge in [0.25, 0.3) is 0 Å². The molecule has 4 rings (SSSR count). The van der Waals surface area contributed by atoms with Crippen LogP contribution in [0, 0.1) is 5.92 Å². The van der Waals surface area contributed by atoms with E-state index in [0.29, 0.717) is 12.0 Å². The number of benzene rings is 1. The van der Waals surface area contributed by atoms with Gasteiger partial charge in [0, 0.05) is 12.1 Å². The molecule has 162 valence electrons. The van der Waals surface area contributed by atoms with Crippen LogP contribution >= 0.6 is 0 Å². The number of nitrogens with zero attached hydrogens (tertiary/aromatic N) is 2. The summed E-state index contributed by atoms with van der Waals surface area (Å²) in [4.78, 5) is 26.7. The van der Waals surface area contributed by atoms with Gasteiger partial charge in [-0.2, -0.15) is 0 Å². The maximum atomic E-state index is 12.7. The van der Waals surface area contributed by atoms with E-state index in [0.717, 1.165) is 11.1 Å². The van der Waals surface area contributed by atoms with Crippen LogP contribution in [0.15, 0.2) is 54.8 Å². The molecule has 1 aromatic carbocycles. The van der Waals surface area contributed by atoms with Crippen LogP contribution in [0.2, 0.25) is 0 Å². The van der Waals surface area contributed by atoms with Gasteiger partial charge in [-0.15, -0.1) is 0 Å². The van der Waals surface area contributed by atoms with Crippen LogP contribution in [0.1, 0.15) is 24.5 Å². The monoisotopic (exact) mass is 424 g/mol. The van der Waals surface area contributed by atoms with E-state index in [9.17, 15) is 24.9 Å². The molecule has 2 aromatic rings. The highest BCUT2D eigenvalue weighted by Crippen LogP contribution is 2.47. The standard InChI is InChI=1S/C23H24N2O6/c1-3-10-31-23(30)21-16(11-17-20(13(2)26)22(29)25(17)21)15-6-4-14(5-7-15)12-24-18(27)8-9-19(24)28/h3-9,13,17,20,26-28H,1,10-12H2,2H3/t13-,17-,20-/m1/s1. The van der Waals surface area contributed by atoms with Crippen molar-refractivity contribution >= 4 is 17.4 Å². The van der Waals surface area contributed by atoms with Crippen molar-refractivity contribution in [2.24, 2.45) is 5.92 Å². The molecule has 31 heavy (non-hydrogen) atoms. The van der Waals surface area contributed by atoms with Gasteiger partial charge in [-0.3, -0.25) is 9.36 Å². The predicted octanol–water partition coefficient (Wildman–Crippen LogP) is 2.00. The second-order valence-electron chi connectivity index (χ2n) is 7.79. The van der Waals surface area contributed by atoms with Gasteiger partial charge in [0.15, 0.2) is 11.8 Å². The Labute approximate surface area is 179 Å². The summed E-state index contributed by atoms with van der Waals surface area (Å²) in [6.45, 7) is 5.43. The first-order valence-electron chi connectivity index (χ1n) is 10.0. The van der Waals surface area contributed by atoms with Crippen molar-refractivity contribution in [3.05, 3.63) is 65.9 Å². The highest BCUT2D eigenvalue weighted by molar-refractivity contribution is 6.06. The first-order valence-corrected chi connectivity index (χ1v) is 10.0. The second kappa shape index (κ2) is 7.96. The Hall–Kier alpha value is -3.52. The molecule has 3 N–H and O–H groups in total. The summed E-state index contributed by atoms with van der Waals surface area (Å²) in [7, 11) is 0. The van der Waals surface area contributed by atoms with Gasteiger partial charge in [0.2, 0.25) is 5.91 Å². The smallest absolute Gasteiger partial charge is 0.355 e. The third-order valence-corrected chi connectivity index (χ3v) is 5.83. The van der Waals surface area contributed by atoms with Crippen LogP contribution in [0.25, 0.3) is 5.57 Å². The largest absolute Gasteiger partial charge is 0.494 e. The first-order chi connectivity index (χ1) is 14.8. The van der Waals surface area contributed by atoms with E-state index in [1.165, 1.54) is 27.7 Å². The number of hydrogen-bond acceptors (Lipinski definition) is 6. The molecule has 1 fully saturated rings. The number of β-lactam (4-membered cyclic amide) rings is 1. The molecule has 0 saturated carbocycles. The van der Waals surface area contributed by atoms with Gasteiger partial charge in [0.1, 0.15) is 12.3 Å². The Balaban J connectivity index is 1.64. The van der Waals surface area contributed by atoms with E-state index in [1.807, 2.05) is 24.3 Å². The molecule has 0 radical (unpaired) electrons. The number of carbonyl (C=O) groups is 2. The van der Waals surface area contributed by atoms with Crippen molar-refractivity contribution in [1.82, 2.24) is 9.47 Å². The fourth-order valence-corrected chi connectivity index (χ4v) is 4.32. The molecule has 2 aliphatic heterocycles. The zero-order valence-corrected chi connectivity index (χ0v) is 17.1. The molecule has 2 aliphatic rings. The quantitative estimate of drug-likeness (QED) is 0.356. The van der Waals surface area contributed by atoms with Crippen molar-refractivity contribution < 1.29 is 29.6 Å². The van der Waals surface area contributed by atoms with Gasteiger partial charge in [-0.1, -0.05) is 36.9 Å². The predicted molar refractivity (Wildman–Crippen MR) is 112 cm³/mol. The number of rotatable bonds is 7. The van der Waals surface area contributed by atoms with Crippen molar-refractivity contribution in [3.8, 4) is 11.8 Å². The van der Waals surface area contributed by atoms with Gasteiger partial charge < -0.3 is 25.0 Å². The maximum absolute atomic E-state index is 12.7. The Morgan fingerprint density at radius 2 is 1.87 bits per heavy atom. The average molecular weight is 424 g/mol. The number of fused-ring (bicyclic) bond motifs is 1. The second-order valence-corrected chi connectivity index (χ2v) is 7.79. The zero-order valence-electron chi connectivity index (χ0n) is 17.1. The van der Waals surface area contributed by atoms with Crippen LogP contribution in [-0.2, 0) is 20.9 Å². The van der Waals surface area contributed by atoms with E-state index < -0.39 is 18.0 Å². The molecule has 0 bridgehead atoms. The zero-order chi connectivity index (χ0) is 22.3. The minimum Gasteiger partial charge on any atom is -0.494 e. The summed E-state index contributed by atoms with van der Waals surface area (Å²) in [6, 6.07) is 9.87. The van der Waals surface area contributed by atoms with Gasteiger partial charge >= 0.3 is 5.97 Å². The first kappa shape index (κ1) is 20.7. The third kappa shape index (κ3) is 3.48. The van der Waals surface area contributed by atoms with E-state index in [-0.39, 0.29) is 42.6 Å². The molecule has 8 nitrogen and oxygen atoms in total. The SMILES string of the molecule is C=CCOC(=O)C1=C(c2ccc(Cn3c(O)ccc3O)cc2)C[C@@H]2[C@@H]([C@@H](C)O)C(=O)N12. The fourth-order valence-electron chi connectivity index (χ4n) is 4.32. The maximum Gasteiger partial charge on any atom is 0.355 e. The number of aliphatic hydroxyl groups excluding tert-OH is 1. The lowest BCUT2D eigenvalue weighted by atomic mass is 9.82. The van der Waals surface area contributed by atoms with Gasteiger partial charge in [-0.25, -0.2) is 4.79 Å². The molecule has 3 heterocycles. The van der Waals surface area contributed by atoms with Gasteiger partial charge in [0.05, 0.1) is 24.6 Å². The number of amides is 1. The minimum absolute atomic E-state index is 0.0327. The number of aromatic nitrogens is 1. The molecule has 0 spiro atoms. The Kier molecular flexibility index (Phi) is 5.32. The average Bonchev–Trinajstić information content (AvgIpc) is 3.24. The molecular formula is C23H24N2O6. The van der Waals surface area contributed by atoms with Crippen molar-refractivity contribution in [2.45, 2.75) is 32.0 Å². The number of esters is 1. The Morgan fingerprint density at radius 3 is 2.45 bits per heavy atom. The normalized spacial score (nSPS) is 21.0. The van der Waals surface area contributed by atoms with E-state index in [4.69, 9.17) is 4.74 Å². The number of aromatic hydroxyl groups is 2. The summed E-state index contributed by atoms with van der Waals surface area (Å²) >= 11 is 0. The third-order valence-electron chi connectivity index (χ3n) is 5.83. The summed E-state index contributed by atoms with van der Waals surface area (Å²) in [5, 5.41) is 29.6. The molecule has 0 unspecified atom stereocenters. The summed E-state index contributed by atoms with van der Waals surface area (Å²) in [5.41, 5.74) is 2.50. The summed E-state index contributed by atoms with van der Waals surface area (Å²) < 4.78 is 6.57. The summed E-state index contributed by atoms with van der Waals surface area (Å²) in [6.07, 6.45) is 1.10. The van der Waals surface area contributed by atoms with Crippen LogP contribution < -0.4 is 0 Å². The molecule has 1 saturated heterocycles. The topological polar surface area (TPSA) is 112 Å². The molecule has 0 aliphatic carbocycles. The van der Waals surface area contributed by atoms with Crippen LogP contribution in [0.3, 0.4) is 0 Å². The van der Waals surface area contributed by atoms with E-state index >= 15 is 0 Å². The lowest BCUT2D eigenvalue weighted by Gasteiger charge is -2.44. The van der Waals surface area contributed by atoms with Crippen molar-refractivity contribution in [3.63, 3.8) is 0 Å². The molecular weight excluding hydrogens is 400 g/mol. The highest BCUT2D eigenvalue weighted by atomic mass is 16.5. The van der Waals surface area contributed by atoms with Crippen LogP contribution in [0.5, 0.6) is 11.8 Å². The lowest BCUT2D eigenvalue weighted by Crippen LogP contribution is -2.61. The molecule has 1 aromatic heterocycles. The molecule has 8 heteroatoms. The Morgan fingerprint density at radius 1 is 1.23 bits per heavy atom. The van der Waals surface area contributed by atoms with E-state index in [1.54, 1.807) is 6.92 Å². The number of ether oxygens (including phenoxy) is 1. The minimum atomic E-state index is -0.803. The Bertz CT molecular complexity index is 1050. The number of hydrogen-bond donors (Lipinski definition) is 3.